The lowest BCUT2D eigenvalue weighted by atomic mass is 9.93. The van der Waals surface area contributed by atoms with Crippen LogP contribution in [0.4, 0.5) is 5.69 Å². The third-order valence-corrected chi connectivity index (χ3v) is 3.49. The number of hydrogen-bond acceptors (Lipinski definition) is 3. The molecule has 1 aromatic carbocycles. The van der Waals surface area contributed by atoms with Gasteiger partial charge in [-0.2, -0.15) is 0 Å². The minimum atomic E-state index is -1.07. The second-order valence-corrected chi connectivity index (χ2v) is 5.75. The van der Waals surface area contributed by atoms with Crippen molar-refractivity contribution in [2.45, 2.75) is 18.9 Å². The second-order valence-electron chi connectivity index (χ2n) is 5.01. The summed E-state index contributed by atoms with van der Waals surface area (Å²) in [5.41, 5.74) is 6.42. The van der Waals surface area contributed by atoms with Gasteiger partial charge in [0.25, 0.3) is 0 Å². The van der Waals surface area contributed by atoms with Gasteiger partial charge in [-0.15, -0.1) is 0 Å². The molecular weight excluding hydrogens is 309 g/mol. The lowest BCUT2D eigenvalue weighted by Crippen LogP contribution is -2.50. The highest BCUT2D eigenvalue weighted by molar-refractivity contribution is 6.34. The molecule has 2 rings (SSSR count). The van der Waals surface area contributed by atoms with Gasteiger partial charge < -0.3 is 11.1 Å². The molecular formula is C15H15Cl2N3O. The Morgan fingerprint density at radius 3 is 2.52 bits per heavy atom. The second kappa shape index (κ2) is 6.43. The molecule has 4 nitrogen and oxygen atoms in total. The third kappa shape index (κ3) is 4.17. The van der Waals surface area contributed by atoms with Crippen LogP contribution in [0.2, 0.25) is 10.3 Å². The smallest absolute Gasteiger partial charge is 0.244 e. The van der Waals surface area contributed by atoms with Crippen LogP contribution in [0, 0.1) is 0 Å². The van der Waals surface area contributed by atoms with Gasteiger partial charge in [-0.05, 0) is 31.0 Å². The predicted octanol–water partition coefficient (Wildman–Crippen LogP) is 3.29. The van der Waals surface area contributed by atoms with E-state index in [0.29, 0.717) is 12.1 Å². The minimum absolute atomic E-state index is 0.131. The number of anilines is 1. The average molecular weight is 324 g/mol. The van der Waals surface area contributed by atoms with Crippen molar-refractivity contribution in [3.8, 4) is 0 Å². The molecule has 1 heterocycles. The number of aromatic nitrogens is 1. The maximum Gasteiger partial charge on any atom is 0.244 e. The summed E-state index contributed by atoms with van der Waals surface area (Å²) in [7, 11) is 0. The van der Waals surface area contributed by atoms with Crippen molar-refractivity contribution in [2.24, 2.45) is 5.73 Å². The van der Waals surface area contributed by atoms with Crippen LogP contribution in [0.1, 0.15) is 12.5 Å². The SMILES string of the molecule is C[C@](N)(Cc1ccccc1)C(=O)Nc1ccc(Cl)nc1Cl. The Kier molecular flexibility index (Phi) is 4.83. The topological polar surface area (TPSA) is 68.0 Å². The van der Waals surface area contributed by atoms with Crippen LogP contribution in [0.15, 0.2) is 42.5 Å². The van der Waals surface area contributed by atoms with E-state index >= 15 is 0 Å². The largest absolute Gasteiger partial charge is 0.322 e. The van der Waals surface area contributed by atoms with Crippen LogP contribution in [0.5, 0.6) is 0 Å². The Morgan fingerprint density at radius 2 is 1.90 bits per heavy atom. The van der Waals surface area contributed by atoms with E-state index in [1.165, 1.54) is 0 Å². The average Bonchev–Trinajstić information content (AvgIpc) is 2.42. The summed E-state index contributed by atoms with van der Waals surface area (Å²) in [4.78, 5) is 16.2. The fourth-order valence-electron chi connectivity index (χ4n) is 1.87. The quantitative estimate of drug-likeness (QED) is 0.848. The Labute approximate surface area is 133 Å². The normalized spacial score (nSPS) is 13.5. The van der Waals surface area contributed by atoms with E-state index in [4.69, 9.17) is 28.9 Å². The molecule has 1 aromatic heterocycles. The maximum atomic E-state index is 12.3. The first-order chi connectivity index (χ1) is 9.88. The molecule has 0 bridgehead atoms. The zero-order valence-corrected chi connectivity index (χ0v) is 12.9. The number of nitrogens with two attached hydrogens (primary N) is 1. The lowest BCUT2D eigenvalue weighted by molar-refractivity contribution is -0.120. The van der Waals surface area contributed by atoms with Crippen molar-refractivity contribution in [2.75, 3.05) is 5.32 Å². The van der Waals surface area contributed by atoms with Gasteiger partial charge in [0.05, 0.1) is 11.2 Å². The molecule has 0 aliphatic heterocycles. The number of rotatable bonds is 4. The Hall–Kier alpha value is -1.62. The molecule has 0 unspecified atom stereocenters. The van der Waals surface area contributed by atoms with Crippen LogP contribution < -0.4 is 11.1 Å². The molecule has 110 valence electrons. The van der Waals surface area contributed by atoms with Gasteiger partial charge in [0, 0.05) is 0 Å². The standard InChI is InChI=1S/C15H15Cl2N3O/c1-15(18,9-10-5-3-2-4-6-10)14(21)19-11-7-8-12(16)20-13(11)17/h2-8H,9,18H2,1H3,(H,19,21)/t15-/m0/s1. The summed E-state index contributed by atoms with van der Waals surface area (Å²) >= 11 is 11.7. The molecule has 0 radical (unpaired) electrons. The highest BCUT2D eigenvalue weighted by atomic mass is 35.5. The first-order valence-corrected chi connectivity index (χ1v) is 7.10. The fraction of sp³-hybridized carbons (Fsp3) is 0.200. The van der Waals surface area contributed by atoms with Crippen molar-refractivity contribution >= 4 is 34.8 Å². The van der Waals surface area contributed by atoms with Crippen molar-refractivity contribution in [3.63, 3.8) is 0 Å². The van der Waals surface area contributed by atoms with Gasteiger partial charge in [0.15, 0.2) is 5.15 Å². The number of carbonyl (C=O) groups excluding carboxylic acids is 1. The van der Waals surface area contributed by atoms with Crippen LogP contribution in [0.25, 0.3) is 0 Å². The zero-order valence-electron chi connectivity index (χ0n) is 11.4. The summed E-state index contributed by atoms with van der Waals surface area (Å²) in [6.07, 6.45) is 0.415. The third-order valence-electron chi connectivity index (χ3n) is 3.00. The van der Waals surface area contributed by atoms with E-state index in [1.54, 1.807) is 19.1 Å². The number of pyridine rings is 1. The molecule has 0 fully saturated rings. The van der Waals surface area contributed by atoms with Crippen molar-refractivity contribution < 1.29 is 4.79 Å². The number of hydrogen-bond donors (Lipinski definition) is 2. The molecule has 0 aliphatic carbocycles. The van der Waals surface area contributed by atoms with E-state index in [2.05, 4.69) is 10.3 Å². The molecule has 0 spiro atoms. The molecule has 1 atom stereocenters. The number of amides is 1. The fourth-order valence-corrected chi connectivity index (χ4v) is 2.26. The van der Waals surface area contributed by atoms with E-state index in [1.807, 2.05) is 30.3 Å². The van der Waals surface area contributed by atoms with Crippen molar-refractivity contribution in [1.29, 1.82) is 0 Å². The summed E-state index contributed by atoms with van der Waals surface area (Å²) in [6, 6.07) is 12.7. The van der Waals surface area contributed by atoms with E-state index < -0.39 is 5.54 Å². The minimum Gasteiger partial charge on any atom is -0.322 e. The number of nitrogens with zero attached hydrogens (tertiary/aromatic N) is 1. The summed E-state index contributed by atoms with van der Waals surface area (Å²) in [6.45, 7) is 1.67. The number of nitrogens with one attached hydrogen (secondary N) is 1. The van der Waals surface area contributed by atoms with Gasteiger partial charge in [-0.3, -0.25) is 4.79 Å². The molecule has 2 aromatic rings. The van der Waals surface area contributed by atoms with E-state index in [-0.39, 0.29) is 16.2 Å². The van der Waals surface area contributed by atoms with Gasteiger partial charge >= 0.3 is 0 Å². The van der Waals surface area contributed by atoms with E-state index in [0.717, 1.165) is 5.56 Å². The Balaban J connectivity index is 2.11. The first-order valence-electron chi connectivity index (χ1n) is 6.35. The highest BCUT2D eigenvalue weighted by Crippen LogP contribution is 2.23. The molecule has 0 saturated heterocycles. The van der Waals surface area contributed by atoms with E-state index in [9.17, 15) is 4.79 Å². The predicted molar refractivity (Wildman–Crippen MR) is 85.6 cm³/mol. The van der Waals surface area contributed by atoms with Gasteiger partial charge in [-0.1, -0.05) is 53.5 Å². The maximum absolute atomic E-state index is 12.3. The lowest BCUT2D eigenvalue weighted by Gasteiger charge is -2.23. The van der Waals surface area contributed by atoms with Gasteiger partial charge in [0.2, 0.25) is 5.91 Å². The van der Waals surface area contributed by atoms with Gasteiger partial charge in [-0.25, -0.2) is 4.98 Å². The van der Waals surface area contributed by atoms with Gasteiger partial charge in [0.1, 0.15) is 5.15 Å². The van der Waals surface area contributed by atoms with Crippen LogP contribution in [-0.4, -0.2) is 16.4 Å². The van der Waals surface area contributed by atoms with Crippen LogP contribution in [-0.2, 0) is 11.2 Å². The monoisotopic (exact) mass is 323 g/mol. The number of halogens is 2. The summed E-state index contributed by atoms with van der Waals surface area (Å²) in [5.74, 6) is -0.336. The zero-order chi connectivity index (χ0) is 15.5. The summed E-state index contributed by atoms with van der Waals surface area (Å²) in [5, 5.41) is 3.07. The first kappa shape index (κ1) is 15.8. The molecule has 1 amide bonds. The van der Waals surface area contributed by atoms with Crippen LogP contribution in [0.3, 0.4) is 0 Å². The molecule has 6 heteroatoms. The molecule has 21 heavy (non-hydrogen) atoms. The van der Waals surface area contributed by atoms with Crippen LogP contribution >= 0.6 is 23.2 Å². The number of carbonyl (C=O) groups is 1. The van der Waals surface area contributed by atoms with Crippen molar-refractivity contribution in [1.82, 2.24) is 4.98 Å². The molecule has 0 saturated carbocycles. The molecule has 3 N–H and O–H groups in total. The number of benzene rings is 1. The highest BCUT2D eigenvalue weighted by Gasteiger charge is 2.29. The Morgan fingerprint density at radius 1 is 1.24 bits per heavy atom. The molecule has 0 aliphatic rings. The Bertz CT molecular complexity index is 645. The van der Waals surface area contributed by atoms with Crippen molar-refractivity contribution in [3.05, 3.63) is 58.3 Å². The summed E-state index contributed by atoms with van der Waals surface area (Å²) < 4.78 is 0.